The van der Waals surface area contributed by atoms with Crippen molar-refractivity contribution in [2.75, 3.05) is 14.2 Å². The zero-order valence-corrected chi connectivity index (χ0v) is 24.4. The average molecular weight is 529 g/mol. The minimum Gasteiger partial charge on any atom is -0.493 e. The van der Waals surface area contributed by atoms with Crippen molar-refractivity contribution >= 4 is 11.3 Å². The van der Waals surface area contributed by atoms with Gasteiger partial charge in [0.2, 0.25) is 0 Å². The van der Waals surface area contributed by atoms with Crippen molar-refractivity contribution in [1.82, 2.24) is 0 Å². The maximum absolute atomic E-state index is 5.89. The fraction of sp³-hybridized carbons (Fsp3) is 0.222. The number of benzene rings is 4. The summed E-state index contributed by atoms with van der Waals surface area (Å²) in [6, 6.07) is 25.6. The van der Waals surface area contributed by atoms with Crippen LogP contribution in [-0.2, 0) is 5.41 Å². The SMILES string of the molecule is COc1cc2c(cc1OC)C1(c3cc(C)ccc3-2)c2cc(-c3cc(C)c(C)s3)ccc2-c2cc(C)c(C)cc21. The zero-order valence-electron chi connectivity index (χ0n) is 23.6. The Labute approximate surface area is 234 Å². The van der Waals surface area contributed by atoms with E-state index in [1.165, 1.54) is 82.1 Å². The van der Waals surface area contributed by atoms with E-state index in [1.807, 2.05) is 11.3 Å². The van der Waals surface area contributed by atoms with Gasteiger partial charge in [-0.15, -0.1) is 11.3 Å². The molecule has 0 radical (unpaired) electrons. The Morgan fingerprint density at radius 1 is 0.538 bits per heavy atom. The molecule has 0 saturated heterocycles. The molecular formula is C36H32O2S. The van der Waals surface area contributed by atoms with Crippen LogP contribution in [0.2, 0.25) is 0 Å². The van der Waals surface area contributed by atoms with Crippen molar-refractivity contribution in [3.63, 3.8) is 0 Å². The summed E-state index contributed by atoms with van der Waals surface area (Å²) in [5.74, 6) is 1.52. The highest BCUT2D eigenvalue weighted by molar-refractivity contribution is 7.15. The fourth-order valence-electron chi connectivity index (χ4n) is 6.79. The molecule has 1 atom stereocenters. The number of aryl methyl sites for hydroxylation is 5. The number of methoxy groups -OCH3 is 2. The molecule has 0 N–H and O–H groups in total. The van der Waals surface area contributed by atoms with Crippen molar-refractivity contribution in [2.24, 2.45) is 0 Å². The van der Waals surface area contributed by atoms with Crippen LogP contribution in [0.15, 0.2) is 66.7 Å². The van der Waals surface area contributed by atoms with Crippen molar-refractivity contribution in [1.29, 1.82) is 0 Å². The third kappa shape index (κ3) is 3.14. The lowest BCUT2D eigenvalue weighted by molar-refractivity contribution is 0.354. The summed E-state index contributed by atoms with van der Waals surface area (Å²) in [5, 5.41) is 0. The minimum atomic E-state index is -0.434. The van der Waals surface area contributed by atoms with Gasteiger partial charge in [-0.1, -0.05) is 48.0 Å². The van der Waals surface area contributed by atoms with Gasteiger partial charge in [0.05, 0.1) is 19.6 Å². The second kappa shape index (κ2) is 8.34. The fourth-order valence-corrected chi connectivity index (χ4v) is 7.82. The molecule has 1 aromatic heterocycles. The van der Waals surface area contributed by atoms with Gasteiger partial charge in [0.1, 0.15) is 0 Å². The van der Waals surface area contributed by atoms with E-state index in [0.717, 1.165) is 11.5 Å². The molecular weight excluding hydrogens is 496 g/mol. The van der Waals surface area contributed by atoms with Crippen LogP contribution in [0.5, 0.6) is 11.5 Å². The van der Waals surface area contributed by atoms with E-state index in [4.69, 9.17) is 9.47 Å². The number of ether oxygens (including phenoxy) is 2. The van der Waals surface area contributed by atoms with Crippen LogP contribution in [0.3, 0.4) is 0 Å². The second-order valence-corrected chi connectivity index (χ2v) is 12.4. The molecule has 0 amide bonds. The third-order valence-corrected chi connectivity index (χ3v) is 10.2. The van der Waals surface area contributed by atoms with E-state index < -0.39 is 5.41 Å². The second-order valence-electron chi connectivity index (χ2n) is 11.1. The van der Waals surface area contributed by atoms with Crippen LogP contribution in [0.25, 0.3) is 32.7 Å². The number of fused-ring (bicyclic) bond motifs is 10. The monoisotopic (exact) mass is 528 g/mol. The van der Waals surface area contributed by atoms with Crippen molar-refractivity contribution in [3.05, 3.63) is 116 Å². The Balaban J connectivity index is 1.65. The van der Waals surface area contributed by atoms with Gasteiger partial charge in [0.15, 0.2) is 11.5 Å². The zero-order chi connectivity index (χ0) is 27.2. The van der Waals surface area contributed by atoms with Crippen LogP contribution in [-0.4, -0.2) is 14.2 Å². The summed E-state index contributed by atoms with van der Waals surface area (Å²) in [6.45, 7) is 11.1. The highest BCUT2D eigenvalue weighted by Gasteiger charge is 2.52. The van der Waals surface area contributed by atoms with Crippen LogP contribution >= 0.6 is 11.3 Å². The van der Waals surface area contributed by atoms with E-state index in [9.17, 15) is 0 Å². The molecule has 1 heterocycles. The normalized spacial score (nSPS) is 16.2. The van der Waals surface area contributed by atoms with Crippen LogP contribution < -0.4 is 9.47 Å². The van der Waals surface area contributed by atoms with Crippen molar-refractivity contribution in [3.8, 4) is 44.2 Å². The predicted octanol–water partition coefficient (Wildman–Crippen LogP) is 9.32. The van der Waals surface area contributed by atoms with Gasteiger partial charge in [-0.2, -0.15) is 0 Å². The molecule has 0 fully saturated rings. The molecule has 2 nitrogen and oxygen atoms in total. The maximum Gasteiger partial charge on any atom is 0.161 e. The number of thiophene rings is 1. The summed E-state index contributed by atoms with van der Waals surface area (Å²) in [5.41, 5.74) is 16.5. The van der Waals surface area contributed by atoms with E-state index >= 15 is 0 Å². The van der Waals surface area contributed by atoms with Gasteiger partial charge in [0.25, 0.3) is 0 Å². The molecule has 2 aliphatic carbocycles. The smallest absolute Gasteiger partial charge is 0.161 e. The Bertz CT molecular complexity index is 1820. The Hall–Kier alpha value is -3.82. The van der Waals surface area contributed by atoms with E-state index in [2.05, 4.69) is 101 Å². The van der Waals surface area contributed by atoms with Gasteiger partial charge < -0.3 is 9.47 Å². The summed E-state index contributed by atoms with van der Waals surface area (Å²) in [4.78, 5) is 2.69. The molecule has 0 aliphatic heterocycles. The average Bonchev–Trinajstić information content (AvgIpc) is 3.51. The van der Waals surface area contributed by atoms with Gasteiger partial charge in [-0.25, -0.2) is 0 Å². The number of rotatable bonds is 3. The van der Waals surface area contributed by atoms with Crippen LogP contribution in [0.1, 0.15) is 49.4 Å². The Morgan fingerprint density at radius 2 is 1.13 bits per heavy atom. The van der Waals surface area contributed by atoms with Gasteiger partial charge in [-0.05, 0) is 126 Å². The summed E-state index contributed by atoms with van der Waals surface area (Å²) >= 11 is 1.88. The molecule has 7 rings (SSSR count). The summed E-state index contributed by atoms with van der Waals surface area (Å²) < 4.78 is 11.7. The quantitative estimate of drug-likeness (QED) is 0.227. The lowest BCUT2D eigenvalue weighted by Gasteiger charge is -2.31. The van der Waals surface area contributed by atoms with Gasteiger partial charge in [-0.3, -0.25) is 0 Å². The highest BCUT2D eigenvalue weighted by atomic mass is 32.1. The first-order chi connectivity index (χ1) is 18.8. The van der Waals surface area contributed by atoms with Gasteiger partial charge in [0, 0.05) is 9.75 Å². The first-order valence-corrected chi connectivity index (χ1v) is 14.3. The molecule has 39 heavy (non-hydrogen) atoms. The standard InChI is InChI=1S/C36H32O2S/c1-19-8-10-25-28-17-33(37-6)34(38-7)18-32(28)36(29(25)12-19)30-14-21(3)20(2)13-27(30)26-11-9-24(16-31(26)36)35-15-22(4)23(5)39-35/h8-18H,1-7H3. The molecule has 1 unspecified atom stereocenters. The lowest BCUT2D eigenvalue weighted by Crippen LogP contribution is -2.26. The molecule has 3 heteroatoms. The topological polar surface area (TPSA) is 18.5 Å². The number of hydrogen-bond acceptors (Lipinski definition) is 3. The molecule has 0 saturated carbocycles. The predicted molar refractivity (Wildman–Crippen MR) is 163 cm³/mol. The first-order valence-electron chi connectivity index (χ1n) is 13.5. The van der Waals surface area contributed by atoms with Crippen LogP contribution in [0.4, 0.5) is 0 Å². The Morgan fingerprint density at radius 3 is 1.82 bits per heavy atom. The highest BCUT2D eigenvalue weighted by Crippen LogP contribution is 2.64. The van der Waals surface area contributed by atoms with Crippen molar-refractivity contribution < 1.29 is 9.47 Å². The molecule has 0 bridgehead atoms. The van der Waals surface area contributed by atoms with E-state index in [0.29, 0.717) is 0 Å². The maximum atomic E-state index is 5.89. The lowest BCUT2D eigenvalue weighted by atomic mass is 9.69. The first kappa shape index (κ1) is 24.2. The van der Waals surface area contributed by atoms with Crippen molar-refractivity contribution in [2.45, 2.75) is 40.0 Å². The summed E-state index contributed by atoms with van der Waals surface area (Å²) in [7, 11) is 3.45. The van der Waals surface area contributed by atoms with E-state index in [-0.39, 0.29) is 0 Å². The molecule has 4 aromatic carbocycles. The Kier molecular flexibility index (Phi) is 5.18. The molecule has 1 spiro atoms. The third-order valence-electron chi connectivity index (χ3n) is 9.00. The molecule has 194 valence electrons. The minimum absolute atomic E-state index is 0.434. The molecule has 2 aliphatic rings. The molecule has 5 aromatic rings. The summed E-state index contributed by atoms with van der Waals surface area (Å²) in [6.07, 6.45) is 0. The van der Waals surface area contributed by atoms with Crippen LogP contribution in [0, 0.1) is 34.6 Å². The largest absolute Gasteiger partial charge is 0.493 e. The van der Waals surface area contributed by atoms with Gasteiger partial charge >= 0.3 is 0 Å². The van der Waals surface area contributed by atoms with E-state index in [1.54, 1.807) is 14.2 Å². The number of hydrogen-bond donors (Lipinski definition) is 0.